The van der Waals surface area contributed by atoms with Crippen molar-refractivity contribution in [3.05, 3.63) is 66.3 Å². The highest BCUT2D eigenvalue weighted by molar-refractivity contribution is 5.84. The summed E-state index contributed by atoms with van der Waals surface area (Å²) in [6, 6.07) is 13.7. The van der Waals surface area contributed by atoms with Gasteiger partial charge < -0.3 is 24.4 Å². The van der Waals surface area contributed by atoms with Crippen LogP contribution in [0.25, 0.3) is 10.8 Å². The Kier molecular flexibility index (Phi) is 8.38. The monoisotopic (exact) mass is 534 g/mol. The van der Waals surface area contributed by atoms with E-state index in [1.165, 1.54) is 0 Å². The third-order valence-electron chi connectivity index (χ3n) is 8.33. The number of carbonyl (C=O) groups excluding carboxylic acids is 2. The fourth-order valence-corrected chi connectivity index (χ4v) is 6.33. The van der Waals surface area contributed by atoms with Crippen LogP contribution < -0.4 is 4.74 Å². The third kappa shape index (κ3) is 6.36. The standard InChI is InChI=1S/C32H38O7/c1-3-28(37-25-11-10-20-6-4-5-7-21(20)15-25)32(36)39-29-17-23(33)14-22-9-8-19(2)27(31(22)29)13-12-26-16-24(34)18-30(35)38-26/h4-11,14-15,19,23-24,26-29,31,33-34H,3,12-13,16-18H2,1-2H3/t19?,23?,24-,26-,27?,28+,29?,31?/m1/s1. The van der Waals surface area contributed by atoms with Crippen molar-refractivity contribution in [1.29, 1.82) is 0 Å². The van der Waals surface area contributed by atoms with Gasteiger partial charge in [0, 0.05) is 18.8 Å². The lowest BCUT2D eigenvalue weighted by Gasteiger charge is -2.43. The molecule has 1 aliphatic heterocycles. The smallest absolute Gasteiger partial charge is 0.347 e. The molecule has 2 aromatic rings. The van der Waals surface area contributed by atoms with E-state index in [-0.39, 0.29) is 36.2 Å². The summed E-state index contributed by atoms with van der Waals surface area (Å²) >= 11 is 0. The summed E-state index contributed by atoms with van der Waals surface area (Å²) < 4.78 is 17.7. The van der Waals surface area contributed by atoms with Gasteiger partial charge in [0.1, 0.15) is 18.0 Å². The van der Waals surface area contributed by atoms with Gasteiger partial charge in [-0.25, -0.2) is 4.79 Å². The number of benzene rings is 2. The summed E-state index contributed by atoms with van der Waals surface area (Å²) in [5.74, 6) is 0.0715. The zero-order chi connectivity index (χ0) is 27.5. The number of hydrogen-bond acceptors (Lipinski definition) is 7. The van der Waals surface area contributed by atoms with Crippen LogP contribution in [0.4, 0.5) is 0 Å². The topological polar surface area (TPSA) is 102 Å². The number of ether oxygens (including phenoxy) is 3. The van der Waals surface area contributed by atoms with Crippen LogP contribution in [-0.2, 0) is 19.1 Å². The van der Waals surface area contributed by atoms with E-state index < -0.39 is 30.4 Å². The molecule has 1 heterocycles. The van der Waals surface area contributed by atoms with Crippen molar-refractivity contribution in [3.63, 3.8) is 0 Å². The van der Waals surface area contributed by atoms with Crippen molar-refractivity contribution in [3.8, 4) is 5.75 Å². The van der Waals surface area contributed by atoms with Gasteiger partial charge >= 0.3 is 11.9 Å². The zero-order valence-electron chi connectivity index (χ0n) is 22.6. The maximum atomic E-state index is 13.4. The minimum atomic E-state index is -0.768. The molecule has 5 unspecified atom stereocenters. The van der Waals surface area contributed by atoms with E-state index in [2.05, 4.69) is 13.0 Å². The number of cyclic esters (lactones) is 1. The molecule has 0 radical (unpaired) electrons. The Labute approximate surface area is 229 Å². The molecule has 208 valence electrons. The second kappa shape index (κ2) is 11.9. The van der Waals surface area contributed by atoms with Crippen molar-refractivity contribution in [2.75, 3.05) is 0 Å². The van der Waals surface area contributed by atoms with Crippen molar-refractivity contribution in [1.82, 2.24) is 0 Å². The van der Waals surface area contributed by atoms with Gasteiger partial charge in [0.2, 0.25) is 0 Å². The van der Waals surface area contributed by atoms with E-state index in [1.807, 2.05) is 61.5 Å². The number of hydrogen-bond donors (Lipinski definition) is 2. The van der Waals surface area contributed by atoms with E-state index in [0.717, 1.165) is 22.8 Å². The van der Waals surface area contributed by atoms with E-state index >= 15 is 0 Å². The first-order chi connectivity index (χ1) is 18.8. The average Bonchev–Trinajstić information content (AvgIpc) is 2.90. The largest absolute Gasteiger partial charge is 0.479 e. The van der Waals surface area contributed by atoms with Crippen LogP contribution >= 0.6 is 0 Å². The van der Waals surface area contributed by atoms with Crippen LogP contribution in [0.2, 0.25) is 0 Å². The van der Waals surface area contributed by atoms with Crippen LogP contribution in [0, 0.1) is 17.8 Å². The van der Waals surface area contributed by atoms with Gasteiger partial charge in [0.25, 0.3) is 0 Å². The fraction of sp³-hybridized carbons (Fsp3) is 0.500. The Balaban J connectivity index is 1.29. The SMILES string of the molecule is CC[C@H](Oc1ccc2ccccc2c1)C(=O)OC1CC(O)C=C2C=CC(C)C(CC[C@@H]3C[C@@H](O)CC(=O)O3)C21. The molecule has 1 fully saturated rings. The first-order valence-electron chi connectivity index (χ1n) is 14.1. The van der Waals surface area contributed by atoms with Crippen LogP contribution in [0.5, 0.6) is 5.75 Å². The molecule has 2 N–H and O–H groups in total. The molecule has 8 atom stereocenters. The van der Waals surface area contributed by atoms with E-state index in [1.54, 1.807) is 0 Å². The number of aliphatic hydroxyl groups is 2. The molecular weight excluding hydrogens is 496 g/mol. The van der Waals surface area contributed by atoms with Gasteiger partial charge in [0.05, 0.1) is 18.6 Å². The van der Waals surface area contributed by atoms with Gasteiger partial charge in [-0.15, -0.1) is 0 Å². The van der Waals surface area contributed by atoms with Gasteiger partial charge in [-0.05, 0) is 59.6 Å². The maximum Gasteiger partial charge on any atom is 0.347 e. The van der Waals surface area contributed by atoms with Gasteiger partial charge in [0.15, 0.2) is 6.10 Å². The Bertz CT molecular complexity index is 1250. The fourth-order valence-electron chi connectivity index (χ4n) is 6.33. The Hall–Kier alpha value is -3.16. The van der Waals surface area contributed by atoms with Crippen LogP contribution in [-0.4, -0.2) is 52.7 Å². The van der Waals surface area contributed by atoms with Crippen molar-refractivity contribution in [2.45, 2.75) is 82.9 Å². The normalized spacial score (nSPS) is 31.1. The van der Waals surface area contributed by atoms with E-state index in [9.17, 15) is 19.8 Å². The molecule has 39 heavy (non-hydrogen) atoms. The first-order valence-corrected chi connectivity index (χ1v) is 14.1. The molecule has 0 amide bonds. The molecule has 3 aliphatic rings. The summed E-state index contributed by atoms with van der Waals surface area (Å²) in [4.78, 5) is 25.2. The average molecular weight is 535 g/mol. The highest BCUT2D eigenvalue weighted by Gasteiger charge is 2.43. The number of rotatable bonds is 8. The summed E-state index contributed by atoms with van der Waals surface area (Å²) in [5, 5.41) is 22.7. The molecule has 0 bridgehead atoms. The third-order valence-corrected chi connectivity index (χ3v) is 8.33. The lowest BCUT2D eigenvalue weighted by atomic mass is 9.66. The quantitative estimate of drug-likeness (QED) is 0.465. The Morgan fingerprint density at radius 3 is 2.67 bits per heavy atom. The van der Waals surface area contributed by atoms with Crippen LogP contribution in [0.15, 0.2) is 66.3 Å². The second-order valence-corrected chi connectivity index (χ2v) is 11.2. The molecular formula is C32H38O7. The predicted molar refractivity (Wildman–Crippen MR) is 147 cm³/mol. The summed E-state index contributed by atoms with van der Waals surface area (Å²) in [5.41, 5.74) is 0.971. The first kappa shape index (κ1) is 27.4. The minimum Gasteiger partial charge on any atom is -0.479 e. The molecule has 1 saturated heterocycles. The minimum absolute atomic E-state index is 0.0460. The molecule has 2 aliphatic carbocycles. The van der Waals surface area contributed by atoms with Crippen molar-refractivity contribution in [2.24, 2.45) is 17.8 Å². The number of esters is 2. The van der Waals surface area contributed by atoms with Crippen molar-refractivity contribution < 1.29 is 34.0 Å². The Morgan fingerprint density at radius 2 is 1.90 bits per heavy atom. The molecule has 0 spiro atoms. The molecule has 0 aromatic heterocycles. The lowest BCUT2D eigenvalue weighted by molar-refractivity contribution is -0.165. The van der Waals surface area contributed by atoms with E-state index in [0.29, 0.717) is 31.4 Å². The van der Waals surface area contributed by atoms with E-state index in [4.69, 9.17) is 14.2 Å². The van der Waals surface area contributed by atoms with Gasteiger partial charge in [-0.2, -0.15) is 0 Å². The number of carbonyl (C=O) groups is 2. The summed E-state index contributed by atoms with van der Waals surface area (Å²) in [6.45, 7) is 4.03. The Morgan fingerprint density at radius 1 is 1.10 bits per heavy atom. The number of fused-ring (bicyclic) bond motifs is 2. The zero-order valence-corrected chi connectivity index (χ0v) is 22.6. The highest BCUT2D eigenvalue weighted by Crippen LogP contribution is 2.44. The molecule has 7 nitrogen and oxygen atoms in total. The summed E-state index contributed by atoms with van der Waals surface area (Å²) in [6.07, 6.45) is 5.69. The number of aliphatic hydroxyl groups excluding tert-OH is 2. The summed E-state index contributed by atoms with van der Waals surface area (Å²) in [7, 11) is 0. The molecule has 7 heteroatoms. The van der Waals surface area contributed by atoms with Crippen molar-refractivity contribution >= 4 is 22.7 Å². The molecule has 0 saturated carbocycles. The molecule has 2 aromatic carbocycles. The maximum absolute atomic E-state index is 13.4. The van der Waals surface area contributed by atoms with Crippen LogP contribution in [0.3, 0.4) is 0 Å². The van der Waals surface area contributed by atoms with Gasteiger partial charge in [-0.1, -0.05) is 62.4 Å². The lowest BCUT2D eigenvalue weighted by Crippen LogP contribution is -2.44. The highest BCUT2D eigenvalue weighted by atomic mass is 16.6. The number of allylic oxidation sites excluding steroid dienone is 2. The predicted octanol–water partition coefficient (Wildman–Crippen LogP) is 4.89. The van der Waals surface area contributed by atoms with Crippen LogP contribution in [0.1, 0.15) is 52.4 Å². The van der Waals surface area contributed by atoms with Gasteiger partial charge in [-0.3, -0.25) is 4.79 Å². The second-order valence-electron chi connectivity index (χ2n) is 11.2. The molecule has 5 rings (SSSR count).